The molecule has 3 aromatic carbocycles. The van der Waals surface area contributed by atoms with E-state index in [4.69, 9.17) is 25.8 Å². The number of hydrogen-bond acceptors (Lipinski definition) is 15. The smallest absolute Gasteiger partial charge is 0.255 e. The number of ether oxygens (including phenoxy) is 3. The van der Waals surface area contributed by atoms with Gasteiger partial charge >= 0.3 is 0 Å². The Kier molecular flexibility index (Phi) is 15.3. The molecule has 4 aliphatic heterocycles. The van der Waals surface area contributed by atoms with Crippen molar-refractivity contribution in [3.05, 3.63) is 83.0 Å². The van der Waals surface area contributed by atoms with Crippen molar-refractivity contribution in [2.75, 3.05) is 114 Å². The number of piperidine rings is 2. The van der Waals surface area contributed by atoms with Crippen molar-refractivity contribution in [2.24, 2.45) is 0 Å². The second kappa shape index (κ2) is 21.5. The molecule has 3 fully saturated rings. The maximum atomic E-state index is 13.1. The molecule has 5 heterocycles. The van der Waals surface area contributed by atoms with Gasteiger partial charge in [-0.15, -0.1) is 0 Å². The minimum absolute atomic E-state index is 0.00861. The van der Waals surface area contributed by atoms with E-state index in [9.17, 15) is 23.7 Å². The van der Waals surface area contributed by atoms with Crippen molar-refractivity contribution in [3.63, 3.8) is 0 Å². The van der Waals surface area contributed by atoms with E-state index in [1.807, 2.05) is 47.4 Å². The van der Waals surface area contributed by atoms with Gasteiger partial charge in [-0.3, -0.25) is 29.4 Å². The third-order valence-electron chi connectivity index (χ3n) is 12.7. The Bertz CT molecular complexity index is 2510. The van der Waals surface area contributed by atoms with Crippen LogP contribution in [0.4, 0.5) is 34.5 Å². The van der Waals surface area contributed by atoms with E-state index in [0.717, 1.165) is 56.0 Å². The number of imide groups is 1. The molecule has 4 aromatic rings. The SMILES string of the molecule is COc1cc(N2CCC(N3CCN(C(=O)COCCOCCNc4cccc5c4CN(C4CCC(=O)NC4=O)C5=O)CC3)CC2)ccc1Nc1ncc(Cl)c(Nc2ccccc2P(C)(C)=O)n1. The Morgan fingerprint density at radius 3 is 2.40 bits per heavy atom. The van der Waals surface area contributed by atoms with Crippen molar-refractivity contribution in [1.82, 2.24) is 30.0 Å². The number of halogens is 1. The lowest BCUT2D eigenvalue weighted by Crippen LogP contribution is -2.54. The number of anilines is 6. The number of nitrogens with one attached hydrogen (secondary N) is 4. The van der Waals surface area contributed by atoms with Crippen LogP contribution in [0.3, 0.4) is 0 Å². The van der Waals surface area contributed by atoms with Gasteiger partial charge in [0, 0.05) is 98.7 Å². The number of amides is 4. The van der Waals surface area contributed by atoms with Crippen LogP contribution in [0.15, 0.2) is 66.9 Å². The van der Waals surface area contributed by atoms with Crippen LogP contribution in [0.2, 0.25) is 5.02 Å². The number of carbonyl (C=O) groups excluding carboxylic acids is 4. The lowest BCUT2D eigenvalue weighted by molar-refractivity contribution is -0.139. The van der Waals surface area contributed by atoms with Crippen LogP contribution in [-0.2, 0) is 35.0 Å². The summed E-state index contributed by atoms with van der Waals surface area (Å²) in [5, 5.41) is 13.2. The summed E-state index contributed by atoms with van der Waals surface area (Å²) in [4.78, 5) is 67.4. The molecular formula is C47H58ClN10O8P. The molecule has 1 unspecified atom stereocenters. The summed E-state index contributed by atoms with van der Waals surface area (Å²) in [5.41, 5.74) is 4.62. The van der Waals surface area contributed by atoms with E-state index in [1.165, 1.54) is 11.1 Å². The molecule has 0 spiro atoms. The number of piperazine rings is 1. The summed E-state index contributed by atoms with van der Waals surface area (Å²) in [6, 6.07) is 18.7. The van der Waals surface area contributed by atoms with Gasteiger partial charge in [0.05, 0.1) is 44.5 Å². The Balaban J connectivity index is 0.717. The van der Waals surface area contributed by atoms with Crippen molar-refractivity contribution in [2.45, 2.75) is 44.3 Å². The highest BCUT2D eigenvalue weighted by atomic mass is 35.5. The van der Waals surface area contributed by atoms with Gasteiger partial charge in [0.15, 0.2) is 5.82 Å². The van der Waals surface area contributed by atoms with Gasteiger partial charge in [0.2, 0.25) is 23.7 Å². The quantitative estimate of drug-likeness (QED) is 0.0597. The van der Waals surface area contributed by atoms with Crippen LogP contribution in [0.1, 0.15) is 41.6 Å². The maximum Gasteiger partial charge on any atom is 0.255 e. The molecule has 0 saturated carbocycles. The number of para-hydroxylation sites is 1. The predicted octanol–water partition coefficient (Wildman–Crippen LogP) is 4.89. The molecule has 0 bridgehead atoms. The standard InChI is InChI=1S/C47H58ClN10O8P/c1-64-40-27-32(11-12-37(40)52-47-50-28-35(48)44(54-47)51-38-8-4-5-10-41(38)67(2,3)63)55-18-15-31(16-19-55)56-20-22-57(23-21-56)43(60)30-66-26-25-65-24-17-49-36-9-6-7-33-34(36)29-58(46(33)62)39-13-14-42(59)53-45(39)61/h4-12,27-28,31,39,49H,13-26,29-30H2,1-3H3,(H,53,59,61)(H2,50,51,52,54). The fourth-order valence-electron chi connectivity index (χ4n) is 9.10. The average molecular weight is 957 g/mol. The third-order valence-corrected chi connectivity index (χ3v) is 14.5. The highest BCUT2D eigenvalue weighted by molar-refractivity contribution is 7.70. The van der Waals surface area contributed by atoms with Crippen molar-refractivity contribution in [3.8, 4) is 5.75 Å². The lowest BCUT2D eigenvalue weighted by atomic mass is 10.0. The van der Waals surface area contributed by atoms with Gasteiger partial charge in [-0.2, -0.15) is 4.98 Å². The number of benzene rings is 3. The molecule has 67 heavy (non-hydrogen) atoms. The largest absolute Gasteiger partial charge is 0.494 e. The summed E-state index contributed by atoms with van der Waals surface area (Å²) in [6.07, 6.45) is 4.06. The van der Waals surface area contributed by atoms with E-state index in [2.05, 4.69) is 47.1 Å². The molecule has 4 amide bonds. The number of rotatable bonds is 18. The lowest BCUT2D eigenvalue weighted by Gasteiger charge is -2.43. The number of carbonyl (C=O) groups is 4. The van der Waals surface area contributed by atoms with E-state index in [-0.39, 0.29) is 30.7 Å². The number of aromatic nitrogens is 2. The first kappa shape index (κ1) is 47.7. The van der Waals surface area contributed by atoms with Gasteiger partial charge in [-0.25, -0.2) is 4.98 Å². The van der Waals surface area contributed by atoms with Crippen LogP contribution in [-0.4, -0.2) is 153 Å². The highest BCUT2D eigenvalue weighted by Crippen LogP contribution is 2.39. The summed E-state index contributed by atoms with van der Waals surface area (Å²) < 4.78 is 30.1. The van der Waals surface area contributed by atoms with E-state index in [1.54, 1.807) is 32.6 Å². The molecule has 4 N–H and O–H groups in total. The Morgan fingerprint density at radius 1 is 0.881 bits per heavy atom. The Labute approximate surface area is 395 Å². The molecule has 4 aliphatic rings. The summed E-state index contributed by atoms with van der Waals surface area (Å²) in [5.74, 6) is 0.383. The van der Waals surface area contributed by atoms with Gasteiger partial charge in [-0.1, -0.05) is 29.8 Å². The summed E-state index contributed by atoms with van der Waals surface area (Å²) in [6.45, 7) is 10.0. The van der Waals surface area contributed by atoms with Crippen LogP contribution in [0.5, 0.6) is 5.75 Å². The van der Waals surface area contributed by atoms with Gasteiger partial charge in [0.25, 0.3) is 5.91 Å². The Hall–Kier alpha value is -5.78. The second-order valence-corrected chi connectivity index (χ2v) is 20.9. The van der Waals surface area contributed by atoms with Crippen LogP contribution >= 0.6 is 18.7 Å². The molecule has 8 rings (SSSR count). The molecule has 18 nitrogen and oxygen atoms in total. The first-order valence-corrected chi connectivity index (χ1v) is 25.7. The third kappa shape index (κ3) is 11.5. The Morgan fingerprint density at radius 2 is 1.64 bits per heavy atom. The summed E-state index contributed by atoms with van der Waals surface area (Å²) in [7, 11) is -0.926. The highest BCUT2D eigenvalue weighted by Gasteiger charge is 2.40. The molecule has 1 aromatic heterocycles. The second-order valence-electron chi connectivity index (χ2n) is 17.4. The number of fused-ring (bicyclic) bond motifs is 1. The molecule has 0 radical (unpaired) electrons. The zero-order chi connectivity index (χ0) is 47.1. The molecule has 20 heteroatoms. The fraction of sp³-hybridized carbons (Fsp3) is 0.447. The minimum atomic E-state index is -2.56. The van der Waals surface area contributed by atoms with Crippen LogP contribution in [0.25, 0.3) is 0 Å². The molecular weight excluding hydrogens is 899 g/mol. The number of methoxy groups -OCH3 is 1. The monoisotopic (exact) mass is 956 g/mol. The fourth-order valence-corrected chi connectivity index (χ4v) is 10.4. The predicted molar refractivity (Wildman–Crippen MR) is 258 cm³/mol. The minimum Gasteiger partial charge on any atom is -0.494 e. The molecule has 1 atom stereocenters. The van der Waals surface area contributed by atoms with Crippen molar-refractivity contribution < 1.29 is 38.0 Å². The maximum absolute atomic E-state index is 13.1. The molecule has 3 saturated heterocycles. The molecule has 356 valence electrons. The molecule has 0 aliphatic carbocycles. The topological polar surface area (TPSA) is 200 Å². The first-order chi connectivity index (χ1) is 32.4. The normalized spacial score (nSPS) is 18.2. The van der Waals surface area contributed by atoms with E-state index >= 15 is 0 Å². The van der Waals surface area contributed by atoms with Crippen molar-refractivity contribution >= 4 is 82.2 Å². The number of hydrogen-bond donors (Lipinski definition) is 4. The summed E-state index contributed by atoms with van der Waals surface area (Å²) >= 11 is 6.48. The number of nitrogens with zero attached hydrogens (tertiary/aromatic N) is 6. The zero-order valence-corrected chi connectivity index (χ0v) is 39.7. The van der Waals surface area contributed by atoms with Gasteiger partial charge in [0.1, 0.15) is 30.6 Å². The van der Waals surface area contributed by atoms with Gasteiger partial charge in [-0.05, 0) is 69.0 Å². The van der Waals surface area contributed by atoms with Crippen LogP contribution in [0, 0.1) is 0 Å². The van der Waals surface area contributed by atoms with Gasteiger partial charge < -0.3 is 49.4 Å². The first-order valence-electron chi connectivity index (χ1n) is 22.7. The zero-order valence-electron chi connectivity index (χ0n) is 38.1. The average Bonchev–Trinajstić information content (AvgIpc) is 3.66. The van der Waals surface area contributed by atoms with E-state index < -0.39 is 19.1 Å². The van der Waals surface area contributed by atoms with E-state index in [0.29, 0.717) is 103 Å². The van der Waals surface area contributed by atoms with Crippen LogP contribution < -0.4 is 36.2 Å². The van der Waals surface area contributed by atoms with Crippen molar-refractivity contribution in [1.29, 1.82) is 0 Å².